The summed E-state index contributed by atoms with van der Waals surface area (Å²) < 4.78 is 26.0. The molecule has 3 aliphatic rings. The smallest absolute Gasteiger partial charge is 0.321 e. The van der Waals surface area contributed by atoms with Crippen molar-refractivity contribution in [3.8, 4) is 11.9 Å². The number of likely N-dealkylation sites (tertiary alicyclic amines) is 1. The van der Waals surface area contributed by atoms with E-state index < -0.39 is 11.7 Å². The highest BCUT2D eigenvalue weighted by Gasteiger charge is 2.30. The number of H-pyrrole nitrogens is 1. The molecule has 3 aliphatic heterocycles. The van der Waals surface area contributed by atoms with Gasteiger partial charge in [-0.15, -0.1) is 0 Å². The molecule has 3 aromatic rings. The zero-order valence-corrected chi connectivity index (χ0v) is 22.2. The number of halogens is 1. The van der Waals surface area contributed by atoms with Crippen LogP contribution in [0.4, 0.5) is 10.2 Å². The van der Waals surface area contributed by atoms with Gasteiger partial charge in [-0.3, -0.25) is 9.89 Å². The fourth-order valence-electron chi connectivity index (χ4n) is 5.62. The number of carbonyl (C=O) groups excluding carboxylic acids is 1. The first-order valence-corrected chi connectivity index (χ1v) is 13.3. The SMILES string of the molecule is C=C(F)C(=O)N1CCN(c2nc(OCC3CCCN3C)nc3c2CC=C(c2c(C)ccc4[nH]ncc24)O3)CC1. The number of likely N-dealkylation sites (N-methyl/N-ethyl adjacent to an activating group) is 1. The number of fused-ring (bicyclic) bond motifs is 2. The molecule has 0 radical (unpaired) electrons. The quantitative estimate of drug-likeness (QED) is 0.482. The highest BCUT2D eigenvalue weighted by atomic mass is 19.1. The summed E-state index contributed by atoms with van der Waals surface area (Å²) in [7, 11) is 2.10. The molecule has 204 valence electrons. The third-order valence-electron chi connectivity index (χ3n) is 7.88. The van der Waals surface area contributed by atoms with E-state index in [2.05, 4.69) is 33.6 Å². The molecule has 2 saturated heterocycles. The Bertz CT molecular complexity index is 1460. The molecule has 2 aromatic heterocycles. The highest BCUT2D eigenvalue weighted by molar-refractivity contribution is 5.92. The van der Waals surface area contributed by atoms with Gasteiger partial charge < -0.3 is 24.2 Å². The van der Waals surface area contributed by atoms with E-state index in [4.69, 9.17) is 19.4 Å². The van der Waals surface area contributed by atoms with Crippen molar-refractivity contribution in [2.45, 2.75) is 32.2 Å². The Balaban J connectivity index is 1.31. The summed E-state index contributed by atoms with van der Waals surface area (Å²) in [6.07, 6.45) is 6.64. The predicted molar refractivity (Wildman–Crippen MR) is 145 cm³/mol. The molecule has 39 heavy (non-hydrogen) atoms. The number of amides is 1. The molecule has 0 saturated carbocycles. The lowest BCUT2D eigenvalue weighted by Gasteiger charge is -2.36. The third kappa shape index (κ3) is 4.82. The zero-order valence-electron chi connectivity index (χ0n) is 22.2. The number of rotatable bonds is 6. The number of aromatic amines is 1. The van der Waals surface area contributed by atoms with Crippen LogP contribution in [0.3, 0.4) is 0 Å². The molecule has 2 fully saturated rings. The minimum atomic E-state index is -0.940. The van der Waals surface area contributed by atoms with E-state index in [0.717, 1.165) is 58.6 Å². The fourth-order valence-corrected chi connectivity index (χ4v) is 5.62. The number of benzene rings is 1. The molecular formula is C28H32FN7O3. The number of aromatic nitrogens is 4. The number of piperazine rings is 1. The van der Waals surface area contributed by atoms with Gasteiger partial charge >= 0.3 is 6.01 Å². The normalized spacial score (nSPS) is 19.6. The van der Waals surface area contributed by atoms with Crippen molar-refractivity contribution in [3.05, 3.63) is 53.5 Å². The van der Waals surface area contributed by atoms with Crippen molar-refractivity contribution in [3.63, 3.8) is 0 Å². The average molecular weight is 534 g/mol. The van der Waals surface area contributed by atoms with Gasteiger partial charge in [0.2, 0.25) is 5.88 Å². The van der Waals surface area contributed by atoms with Crippen LogP contribution in [0.25, 0.3) is 16.7 Å². The standard InChI is InChI=1S/C28H32FN7O3/c1-17-6-8-22-21(15-30-33-22)24(17)23-9-7-20-25(35-11-13-36(14-12-35)27(37)18(2)29)31-28(32-26(20)39-23)38-16-19-5-4-10-34(19)3/h6,8-9,15,19H,2,4-5,7,10-14,16H2,1,3H3,(H,30,33). The molecule has 6 rings (SSSR count). The van der Waals surface area contributed by atoms with Gasteiger partial charge in [0.1, 0.15) is 18.2 Å². The number of carbonyl (C=O) groups is 1. The number of hydrogen-bond donors (Lipinski definition) is 1. The van der Waals surface area contributed by atoms with Crippen molar-refractivity contribution in [2.75, 3.05) is 51.3 Å². The third-order valence-corrected chi connectivity index (χ3v) is 7.88. The van der Waals surface area contributed by atoms with Crippen LogP contribution in [0.1, 0.15) is 29.5 Å². The monoisotopic (exact) mass is 533 g/mol. The fraction of sp³-hybridized carbons (Fsp3) is 0.429. The molecule has 11 heteroatoms. The summed E-state index contributed by atoms with van der Waals surface area (Å²) in [6, 6.07) is 4.63. The van der Waals surface area contributed by atoms with Gasteiger partial charge in [0, 0.05) is 49.6 Å². The van der Waals surface area contributed by atoms with Crippen LogP contribution in [-0.2, 0) is 11.2 Å². The number of anilines is 1. The van der Waals surface area contributed by atoms with Gasteiger partial charge in [-0.2, -0.15) is 15.1 Å². The first-order chi connectivity index (χ1) is 18.9. The Kier molecular flexibility index (Phi) is 6.68. The molecular weight excluding hydrogens is 501 g/mol. The molecule has 1 N–H and O–H groups in total. The van der Waals surface area contributed by atoms with Gasteiger partial charge in [0.25, 0.3) is 5.91 Å². The summed E-state index contributed by atoms with van der Waals surface area (Å²) in [6.45, 7) is 8.47. The Hall–Kier alpha value is -3.99. The number of ether oxygens (including phenoxy) is 2. The predicted octanol–water partition coefficient (Wildman–Crippen LogP) is 3.24. The average Bonchev–Trinajstić information content (AvgIpc) is 3.59. The summed E-state index contributed by atoms with van der Waals surface area (Å²) in [5.74, 6) is 0.292. The number of aryl methyl sites for hydroxylation is 1. The number of allylic oxidation sites excluding steroid dienone is 1. The van der Waals surface area contributed by atoms with E-state index in [0.29, 0.717) is 51.1 Å². The summed E-state index contributed by atoms with van der Waals surface area (Å²) in [5.41, 5.74) is 3.84. The van der Waals surface area contributed by atoms with Gasteiger partial charge in [-0.25, -0.2) is 4.39 Å². The van der Waals surface area contributed by atoms with Gasteiger partial charge in [0.05, 0.1) is 17.3 Å². The number of nitrogens with zero attached hydrogens (tertiary/aromatic N) is 6. The summed E-state index contributed by atoms with van der Waals surface area (Å²) >= 11 is 0. The molecule has 1 amide bonds. The van der Waals surface area contributed by atoms with Crippen LogP contribution in [0, 0.1) is 6.92 Å². The second kappa shape index (κ2) is 10.3. The molecule has 1 atom stereocenters. The van der Waals surface area contributed by atoms with E-state index in [9.17, 15) is 9.18 Å². The summed E-state index contributed by atoms with van der Waals surface area (Å²) in [5, 5.41) is 8.22. The summed E-state index contributed by atoms with van der Waals surface area (Å²) in [4.78, 5) is 27.5. The molecule has 0 bridgehead atoms. The maximum Gasteiger partial charge on any atom is 0.321 e. The molecule has 1 aromatic carbocycles. The lowest BCUT2D eigenvalue weighted by molar-refractivity contribution is -0.128. The van der Waals surface area contributed by atoms with Crippen molar-refractivity contribution in [1.29, 1.82) is 0 Å². The van der Waals surface area contributed by atoms with Crippen LogP contribution in [-0.4, -0.2) is 88.3 Å². The maximum absolute atomic E-state index is 13.4. The molecule has 10 nitrogen and oxygen atoms in total. The van der Waals surface area contributed by atoms with Gasteiger partial charge in [-0.05, 0) is 51.1 Å². The van der Waals surface area contributed by atoms with E-state index in [1.165, 1.54) is 4.90 Å². The van der Waals surface area contributed by atoms with Crippen molar-refractivity contribution < 1.29 is 18.7 Å². The molecule has 0 aliphatic carbocycles. The number of hydrogen-bond acceptors (Lipinski definition) is 8. The van der Waals surface area contributed by atoms with Crippen LogP contribution < -0.4 is 14.4 Å². The van der Waals surface area contributed by atoms with Gasteiger partial charge in [0.15, 0.2) is 5.83 Å². The lowest BCUT2D eigenvalue weighted by Crippen LogP contribution is -2.49. The van der Waals surface area contributed by atoms with E-state index >= 15 is 0 Å². The minimum absolute atomic E-state index is 0.263. The molecule has 0 spiro atoms. The van der Waals surface area contributed by atoms with Crippen LogP contribution in [0.15, 0.2) is 36.8 Å². The molecule has 5 heterocycles. The largest absolute Gasteiger partial charge is 0.462 e. The Labute approximate surface area is 226 Å². The lowest BCUT2D eigenvalue weighted by atomic mass is 10.00. The number of nitrogens with one attached hydrogen (secondary N) is 1. The minimum Gasteiger partial charge on any atom is -0.462 e. The van der Waals surface area contributed by atoms with E-state index in [1.807, 2.05) is 31.3 Å². The van der Waals surface area contributed by atoms with E-state index in [-0.39, 0.29) is 6.01 Å². The Morgan fingerprint density at radius 1 is 1.23 bits per heavy atom. The second-order valence-corrected chi connectivity index (χ2v) is 10.3. The maximum atomic E-state index is 13.4. The van der Waals surface area contributed by atoms with Crippen LogP contribution >= 0.6 is 0 Å². The van der Waals surface area contributed by atoms with Crippen LogP contribution in [0.2, 0.25) is 0 Å². The first-order valence-electron chi connectivity index (χ1n) is 13.3. The van der Waals surface area contributed by atoms with Gasteiger partial charge in [-0.1, -0.05) is 12.6 Å². The van der Waals surface area contributed by atoms with Crippen molar-refractivity contribution >= 4 is 28.4 Å². The highest BCUT2D eigenvalue weighted by Crippen LogP contribution is 2.38. The first kappa shape index (κ1) is 25.3. The Morgan fingerprint density at radius 3 is 2.79 bits per heavy atom. The second-order valence-electron chi connectivity index (χ2n) is 10.3. The van der Waals surface area contributed by atoms with E-state index in [1.54, 1.807) is 0 Å². The van der Waals surface area contributed by atoms with Crippen LogP contribution in [0.5, 0.6) is 11.9 Å². The Morgan fingerprint density at radius 2 is 2.05 bits per heavy atom. The topological polar surface area (TPSA) is 99.7 Å². The molecule has 1 unspecified atom stereocenters. The van der Waals surface area contributed by atoms with Crippen molar-refractivity contribution in [2.24, 2.45) is 0 Å². The zero-order chi connectivity index (χ0) is 27.1. The van der Waals surface area contributed by atoms with Crippen molar-refractivity contribution in [1.82, 2.24) is 30.0 Å².